The molecule has 59 heavy (non-hydrogen) atoms. The van der Waals surface area contributed by atoms with Crippen molar-refractivity contribution in [2.45, 2.75) is 71.1 Å². The highest BCUT2D eigenvalue weighted by Gasteiger charge is 2.51. The van der Waals surface area contributed by atoms with Crippen LogP contribution in [-0.4, -0.2) is 106 Å². The Morgan fingerprint density at radius 1 is 0.881 bits per heavy atom. The van der Waals surface area contributed by atoms with Crippen LogP contribution in [0.1, 0.15) is 81.8 Å². The molecule has 7 rings (SSSR count). The summed E-state index contributed by atoms with van der Waals surface area (Å²) in [6.45, 7) is 13.8. The van der Waals surface area contributed by atoms with Gasteiger partial charge in [-0.15, -0.1) is 0 Å². The molecule has 5 heterocycles. The van der Waals surface area contributed by atoms with Gasteiger partial charge in [0.25, 0.3) is 0 Å². The summed E-state index contributed by atoms with van der Waals surface area (Å²) in [5.41, 5.74) is 5.65. The van der Waals surface area contributed by atoms with Gasteiger partial charge in [-0.3, -0.25) is 9.59 Å². The molecule has 3 aliphatic heterocycles. The third kappa shape index (κ3) is 8.68. The maximum Gasteiger partial charge on any atom is 0.407 e. The molecular weight excluding hydrogens is 753 g/mol. The Morgan fingerprint density at radius 3 is 2.15 bits per heavy atom. The normalized spacial score (nSPS) is 21.2. The number of benzene rings is 2. The van der Waals surface area contributed by atoms with E-state index in [0.717, 1.165) is 45.4 Å². The maximum absolute atomic E-state index is 14.0. The molecule has 2 aromatic heterocycles. The van der Waals surface area contributed by atoms with Crippen molar-refractivity contribution in [2.75, 3.05) is 40.5 Å². The SMILES string of the molecule is C=C1C[C@@H](c2ncc(-c3ccc(C#Cc4ccc5nc([C@@H]6C[C@@]7(CCOC7)CN6C(=O)[C@@H](NC(=O)OC)C(C)C)[nH]c5c4)cc3)[nH]2)N(C(=O)[C@@H](NC(=O)OC)C(C)C)C1. The number of aromatic nitrogens is 4. The van der Waals surface area contributed by atoms with Crippen molar-refractivity contribution in [3.8, 4) is 23.1 Å². The number of carbonyl (C=O) groups excluding carboxylic acids is 4. The first-order valence-electron chi connectivity index (χ1n) is 20.0. The van der Waals surface area contributed by atoms with E-state index < -0.39 is 24.3 Å². The number of alkyl carbamates (subject to hydrolysis) is 2. The summed E-state index contributed by atoms with van der Waals surface area (Å²) >= 11 is 0. The molecule has 0 unspecified atom stereocenters. The van der Waals surface area contributed by atoms with Gasteiger partial charge in [0.05, 0.1) is 55.8 Å². The van der Waals surface area contributed by atoms with Gasteiger partial charge in [-0.2, -0.15) is 0 Å². The minimum absolute atomic E-state index is 0.152. The molecule has 3 saturated heterocycles. The Hall–Kier alpha value is -6.14. The first-order valence-corrected chi connectivity index (χ1v) is 20.0. The predicted molar refractivity (Wildman–Crippen MR) is 220 cm³/mol. The fraction of sp³-hybridized carbons (Fsp3) is 0.455. The molecule has 4 amide bonds. The van der Waals surface area contributed by atoms with E-state index in [-0.39, 0.29) is 41.1 Å². The monoisotopic (exact) mass is 804 g/mol. The summed E-state index contributed by atoms with van der Waals surface area (Å²) in [5, 5.41) is 5.41. The van der Waals surface area contributed by atoms with E-state index in [1.165, 1.54) is 14.2 Å². The van der Waals surface area contributed by atoms with Gasteiger partial charge in [-0.1, -0.05) is 63.8 Å². The molecular formula is C44H52N8O7. The number of nitrogens with zero attached hydrogens (tertiary/aromatic N) is 4. The number of amides is 4. The van der Waals surface area contributed by atoms with Crippen LogP contribution >= 0.6 is 0 Å². The standard InChI is InChI=1S/C44H52N8O7/c1-25(2)36(49-42(55)57-6)40(53)51-22-27(5)18-34(51)38-45-21-33(48-38)30-13-10-28(11-14-30)8-9-29-12-15-31-32(19-29)47-39(46-31)35-20-44(16-17-59-24-44)23-52(35)41(54)37(26(3)4)50-43(56)58-7/h10-15,19,21,25-26,34-37H,5,16-18,20,22-24H2,1-4,6-7H3,(H,45,48)(H,46,47)(H,49,55)(H,50,56)/t34-,35-,36-,37-,44-/m0/s1. The second-order valence-corrected chi connectivity index (χ2v) is 16.5. The highest BCUT2D eigenvalue weighted by Crippen LogP contribution is 2.48. The molecule has 1 spiro atoms. The zero-order valence-corrected chi connectivity index (χ0v) is 34.4. The number of hydrogen-bond acceptors (Lipinski definition) is 9. The summed E-state index contributed by atoms with van der Waals surface area (Å²) < 4.78 is 15.4. The molecule has 0 aliphatic carbocycles. The van der Waals surface area contributed by atoms with Crippen LogP contribution in [0.3, 0.4) is 0 Å². The topological polar surface area (TPSA) is 184 Å². The van der Waals surface area contributed by atoms with E-state index in [0.29, 0.717) is 50.8 Å². The van der Waals surface area contributed by atoms with Crippen LogP contribution in [0.4, 0.5) is 9.59 Å². The van der Waals surface area contributed by atoms with Gasteiger partial charge in [0, 0.05) is 36.2 Å². The van der Waals surface area contributed by atoms with E-state index in [1.807, 2.05) is 75.1 Å². The number of hydrogen-bond donors (Lipinski definition) is 4. The number of carbonyl (C=O) groups is 4. The molecule has 0 saturated carbocycles. The van der Waals surface area contributed by atoms with Crippen LogP contribution in [-0.2, 0) is 23.8 Å². The average Bonchev–Trinajstić information content (AvgIpc) is 4.08. The van der Waals surface area contributed by atoms with Crippen molar-refractivity contribution in [1.29, 1.82) is 0 Å². The molecule has 3 aliphatic rings. The molecule has 3 fully saturated rings. The maximum atomic E-state index is 14.0. The minimum Gasteiger partial charge on any atom is -0.453 e. The fourth-order valence-corrected chi connectivity index (χ4v) is 8.29. The van der Waals surface area contributed by atoms with Gasteiger partial charge in [0.15, 0.2) is 0 Å². The number of methoxy groups -OCH3 is 2. The summed E-state index contributed by atoms with van der Waals surface area (Å²) in [7, 11) is 2.56. The summed E-state index contributed by atoms with van der Waals surface area (Å²) in [6, 6.07) is 11.5. The van der Waals surface area contributed by atoms with Gasteiger partial charge < -0.3 is 44.6 Å². The molecule has 15 nitrogen and oxygen atoms in total. The van der Waals surface area contributed by atoms with Gasteiger partial charge >= 0.3 is 12.2 Å². The Morgan fingerprint density at radius 2 is 1.53 bits per heavy atom. The third-order valence-corrected chi connectivity index (χ3v) is 11.6. The molecule has 4 aromatic rings. The summed E-state index contributed by atoms with van der Waals surface area (Å²) in [4.78, 5) is 71.9. The number of ether oxygens (including phenoxy) is 3. The van der Waals surface area contributed by atoms with Crippen molar-refractivity contribution in [3.63, 3.8) is 0 Å². The first kappa shape index (κ1) is 41.0. The van der Waals surface area contributed by atoms with Crippen LogP contribution < -0.4 is 10.6 Å². The second-order valence-electron chi connectivity index (χ2n) is 16.5. The second kappa shape index (κ2) is 17.0. The molecule has 0 bridgehead atoms. The quantitative estimate of drug-likeness (QED) is 0.123. The highest BCUT2D eigenvalue weighted by atomic mass is 16.5. The first-order chi connectivity index (χ1) is 28.3. The van der Waals surface area contributed by atoms with Crippen molar-refractivity contribution in [2.24, 2.45) is 17.3 Å². The van der Waals surface area contributed by atoms with Crippen LogP contribution in [0.15, 0.2) is 60.8 Å². The number of nitrogens with one attached hydrogen (secondary N) is 4. The van der Waals surface area contributed by atoms with Gasteiger partial charge in [0.2, 0.25) is 11.8 Å². The zero-order valence-electron chi connectivity index (χ0n) is 34.4. The largest absolute Gasteiger partial charge is 0.453 e. The van der Waals surface area contributed by atoms with Crippen molar-refractivity contribution >= 4 is 35.0 Å². The Kier molecular flexibility index (Phi) is 11.8. The molecule has 2 aromatic carbocycles. The fourth-order valence-electron chi connectivity index (χ4n) is 8.29. The Labute approximate surface area is 343 Å². The minimum atomic E-state index is -0.750. The van der Waals surface area contributed by atoms with E-state index in [2.05, 4.69) is 44.0 Å². The lowest BCUT2D eigenvalue weighted by molar-refractivity contribution is -0.136. The lowest BCUT2D eigenvalue weighted by Gasteiger charge is -2.30. The third-order valence-electron chi connectivity index (χ3n) is 11.6. The van der Waals surface area contributed by atoms with E-state index >= 15 is 0 Å². The van der Waals surface area contributed by atoms with Gasteiger partial charge in [0.1, 0.15) is 23.7 Å². The molecule has 5 atom stereocenters. The lowest BCUT2D eigenvalue weighted by Crippen LogP contribution is -2.51. The Bertz CT molecular complexity index is 2300. The number of imidazole rings is 2. The van der Waals surface area contributed by atoms with Crippen LogP contribution in [0.5, 0.6) is 0 Å². The van der Waals surface area contributed by atoms with Crippen molar-refractivity contribution < 1.29 is 33.4 Å². The molecule has 15 heteroatoms. The predicted octanol–water partition coefficient (Wildman–Crippen LogP) is 5.62. The zero-order chi connectivity index (χ0) is 42.0. The summed E-state index contributed by atoms with van der Waals surface area (Å²) in [5.74, 6) is 7.17. The van der Waals surface area contributed by atoms with Crippen LogP contribution in [0.2, 0.25) is 0 Å². The summed E-state index contributed by atoms with van der Waals surface area (Å²) in [6.07, 6.45) is 2.57. The number of rotatable bonds is 9. The van der Waals surface area contributed by atoms with Gasteiger partial charge in [-0.05, 0) is 67.0 Å². The van der Waals surface area contributed by atoms with E-state index in [4.69, 9.17) is 19.2 Å². The number of H-pyrrole nitrogens is 2. The van der Waals surface area contributed by atoms with Crippen LogP contribution in [0, 0.1) is 29.1 Å². The van der Waals surface area contributed by atoms with Crippen molar-refractivity contribution in [3.05, 3.63) is 83.6 Å². The number of fused-ring (bicyclic) bond motifs is 1. The Balaban J connectivity index is 1.05. The van der Waals surface area contributed by atoms with Crippen molar-refractivity contribution in [1.82, 2.24) is 40.4 Å². The van der Waals surface area contributed by atoms with E-state index in [9.17, 15) is 19.2 Å². The van der Waals surface area contributed by atoms with Gasteiger partial charge in [-0.25, -0.2) is 19.6 Å². The molecule has 310 valence electrons. The van der Waals surface area contributed by atoms with E-state index in [1.54, 1.807) is 11.1 Å². The highest BCUT2D eigenvalue weighted by molar-refractivity contribution is 5.88. The number of aromatic amines is 2. The number of likely N-dealkylation sites (tertiary alicyclic amines) is 2. The molecule has 4 N–H and O–H groups in total. The van der Waals surface area contributed by atoms with Crippen LogP contribution in [0.25, 0.3) is 22.3 Å². The molecule has 0 radical (unpaired) electrons. The lowest BCUT2D eigenvalue weighted by atomic mass is 9.85. The smallest absolute Gasteiger partial charge is 0.407 e. The average molecular weight is 805 g/mol.